The van der Waals surface area contributed by atoms with Crippen LogP contribution in [0.1, 0.15) is 20.8 Å². The highest BCUT2D eigenvalue weighted by Gasteiger charge is 2.36. The molecule has 1 saturated heterocycles. The van der Waals surface area contributed by atoms with Gasteiger partial charge in [-0.25, -0.2) is 4.79 Å². The highest BCUT2D eigenvalue weighted by atomic mass is 16.2. The average Bonchev–Trinajstić information content (AvgIpc) is 2.31. The lowest BCUT2D eigenvalue weighted by Crippen LogP contribution is -2.42. The Morgan fingerprint density at radius 2 is 1.85 bits per heavy atom. The van der Waals surface area contributed by atoms with Gasteiger partial charge in [0, 0.05) is 26.7 Å². The molecule has 1 aliphatic rings. The normalized spacial score (nSPS) is 33.6. The summed E-state index contributed by atoms with van der Waals surface area (Å²) in [5.74, 6) is 1.24. The van der Waals surface area contributed by atoms with Gasteiger partial charge in [-0.1, -0.05) is 13.8 Å². The Kier molecular flexibility index (Phi) is 2.84. The predicted molar refractivity (Wildman–Crippen MR) is 53.6 cm³/mol. The summed E-state index contributed by atoms with van der Waals surface area (Å²) < 4.78 is 0. The minimum absolute atomic E-state index is 0.142. The van der Waals surface area contributed by atoms with E-state index in [9.17, 15) is 4.79 Å². The van der Waals surface area contributed by atoms with E-state index in [1.807, 2.05) is 19.0 Å². The molecule has 76 valence electrons. The molecule has 0 radical (unpaired) electrons. The van der Waals surface area contributed by atoms with Crippen LogP contribution in [-0.2, 0) is 0 Å². The fraction of sp³-hybridized carbons (Fsp3) is 0.900. The number of carbonyl (C=O) groups excluding carboxylic acids is 1. The molecule has 0 N–H and O–H groups in total. The molecule has 0 bridgehead atoms. The summed E-state index contributed by atoms with van der Waals surface area (Å²) in [7, 11) is 3.62. The van der Waals surface area contributed by atoms with Crippen molar-refractivity contribution in [2.75, 3.05) is 20.6 Å². The van der Waals surface area contributed by atoms with E-state index < -0.39 is 0 Å². The summed E-state index contributed by atoms with van der Waals surface area (Å²) in [6, 6.07) is 0.522. The second kappa shape index (κ2) is 3.56. The molecule has 0 aromatic heterocycles. The molecule has 13 heavy (non-hydrogen) atoms. The van der Waals surface area contributed by atoms with E-state index in [0.29, 0.717) is 17.9 Å². The number of likely N-dealkylation sites (tertiary alicyclic amines) is 1. The Balaban J connectivity index is 2.68. The number of hydrogen-bond acceptors (Lipinski definition) is 1. The van der Waals surface area contributed by atoms with Crippen LogP contribution in [0.25, 0.3) is 0 Å². The van der Waals surface area contributed by atoms with Gasteiger partial charge in [-0.15, -0.1) is 0 Å². The van der Waals surface area contributed by atoms with Gasteiger partial charge in [0.05, 0.1) is 0 Å². The van der Waals surface area contributed by atoms with Crippen LogP contribution in [0.4, 0.5) is 4.79 Å². The van der Waals surface area contributed by atoms with Gasteiger partial charge in [0.1, 0.15) is 0 Å². The van der Waals surface area contributed by atoms with E-state index in [1.54, 1.807) is 4.90 Å². The summed E-state index contributed by atoms with van der Waals surface area (Å²) in [4.78, 5) is 15.3. The first-order valence-corrected chi connectivity index (χ1v) is 4.93. The lowest BCUT2D eigenvalue weighted by Gasteiger charge is -2.26. The third kappa shape index (κ3) is 1.79. The van der Waals surface area contributed by atoms with Crippen LogP contribution in [0.2, 0.25) is 0 Å². The molecule has 0 spiro atoms. The van der Waals surface area contributed by atoms with Crippen LogP contribution in [0.3, 0.4) is 0 Å². The van der Waals surface area contributed by atoms with Crippen molar-refractivity contribution >= 4 is 6.03 Å². The monoisotopic (exact) mass is 184 g/mol. The Morgan fingerprint density at radius 3 is 2.15 bits per heavy atom. The van der Waals surface area contributed by atoms with Gasteiger partial charge in [-0.05, 0) is 18.8 Å². The quantitative estimate of drug-likeness (QED) is 0.561. The highest BCUT2D eigenvalue weighted by Crippen LogP contribution is 2.29. The number of amides is 2. The van der Waals surface area contributed by atoms with Gasteiger partial charge in [-0.3, -0.25) is 0 Å². The van der Waals surface area contributed by atoms with Gasteiger partial charge in [-0.2, -0.15) is 0 Å². The molecule has 0 aromatic rings. The number of nitrogens with zero attached hydrogens (tertiary/aromatic N) is 2. The maximum absolute atomic E-state index is 11.7. The van der Waals surface area contributed by atoms with Crippen molar-refractivity contribution < 1.29 is 4.79 Å². The van der Waals surface area contributed by atoms with Crippen LogP contribution in [0.15, 0.2) is 0 Å². The minimum Gasteiger partial charge on any atom is -0.331 e. The van der Waals surface area contributed by atoms with Crippen LogP contribution < -0.4 is 0 Å². The lowest BCUT2D eigenvalue weighted by molar-refractivity contribution is 0.165. The summed E-state index contributed by atoms with van der Waals surface area (Å²) >= 11 is 0. The molecular weight excluding hydrogens is 164 g/mol. The van der Waals surface area contributed by atoms with Crippen LogP contribution in [0, 0.1) is 11.8 Å². The SMILES string of the molecule is CC1CN(C(=O)N(C)C)C(C)C1C. The predicted octanol–water partition coefficient (Wildman–Crippen LogP) is 1.64. The van der Waals surface area contributed by atoms with Crippen molar-refractivity contribution in [1.29, 1.82) is 0 Å². The van der Waals surface area contributed by atoms with Gasteiger partial charge >= 0.3 is 6.03 Å². The second-order valence-electron chi connectivity index (χ2n) is 4.41. The third-order valence-electron chi connectivity index (χ3n) is 3.26. The van der Waals surface area contributed by atoms with Gasteiger partial charge in [0.25, 0.3) is 0 Å². The summed E-state index contributed by atoms with van der Waals surface area (Å²) in [6.07, 6.45) is 0. The molecule has 1 rings (SSSR count). The Labute approximate surface area is 80.7 Å². The van der Waals surface area contributed by atoms with Gasteiger partial charge in [0.15, 0.2) is 0 Å². The Bertz CT molecular complexity index is 203. The van der Waals surface area contributed by atoms with Gasteiger partial charge in [0.2, 0.25) is 0 Å². The molecule has 0 aliphatic carbocycles. The summed E-state index contributed by atoms with van der Waals surface area (Å²) in [6.45, 7) is 7.47. The Morgan fingerprint density at radius 1 is 1.31 bits per heavy atom. The Hall–Kier alpha value is -0.730. The molecule has 3 atom stereocenters. The van der Waals surface area contributed by atoms with E-state index in [1.165, 1.54) is 0 Å². The zero-order valence-electron chi connectivity index (χ0n) is 9.24. The maximum Gasteiger partial charge on any atom is 0.319 e. The fourth-order valence-electron chi connectivity index (χ4n) is 1.91. The smallest absolute Gasteiger partial charge is 0.319 e. The third-order valence-corrected chi connectivity index (χ3v) is 3.26. The van der Waals surface area contributed by atoms with Gasteiger partial charge < -0.3 is 9.80 Å². The number of carbonyl (C=O) groups is 1. The molecule has 0 saturated carbocycles. The van der Waals surface area contributed by atoms with E-state index >= 15 is 0 Å². The molecule has 1 aliphatic heterocycles. The molecule has 3 nitrogen and oxygen atoms in total. The van der Waals surface area contributed by atoms with E-state index in [0.717, 1.165) is 6.54 Å². The highest BCUT2D eigenvalue weighted by molar-refractivity contribution is 5.74. The zero-order chi connectivity index (χ0) is 10.2. The number of rotatable bonds is 0. The van der Waals surface area contributed by atoms with E-state index in [4.69, 9.17) is 0 Å². The first-order valence-electron chi connectivity index (χ1n) is 4.93. The number of hydrogen-bond donors (Lipinski definition) is 0. The first kappa shape index (κ1) is 10.4. The van der Waals surface area contributed by atoms with Crippen molar-refractivity contribution in [3.05, 3.63) is 0 Å². The van der Waals surface area contributed by atoms with Crippen molar-refractivity contribution in [2.45, 2.75) is 26.8 Å². The largest absolute Gasteiger partial charge is 0.331 e. The van der Waals surface area contributed by atoms with Crippen molar-refractivity contribution in [3.8, 4) is 0 Å². The molecule has 3 heteroatoms. The van der Waals surface area contributed by atoms with Crippen molar-refractivity contribution in [3.63, 3.8) is 0 Å². The number of urea groups is 1. The molecule has 1 heterocycles. The van der Waals surface area contributed by atoms with Crippen molar-refractivity contribution in [2.24, 2.45) is 11.8 Å². The second-order valence-corrected chi connectivity index (χ2v) is 4.41. The van der Waals surface area contributed by atoms with Crippen LogP contribution in [-0.4, -0.2) is 42.5 Å². The van der Waals surface area contributed by atoms with Crippen molar-refractivity contribution in [1.82, 2.24) is 9.80 Å². The molecule has 0 aromatic carbocycles. The standard InChI is InChI=1S/C10H20N2O/c1-7-6-12(9(3)8(7)2)10(13)11(4)5/h7-9H,6H2,1-5H3. The minimum atomic E-state index is 0.142. The van der Waals surface area contributed by atoms with Crippen LogP contribution >= 0.6 is 0 Å². The molecule has 2 amide bonds. The average molecular weight is 184 g/mol. The first-order chi connectivity index (χ1) is 5.95. The molecule has 3 unspecified atom stereocenters. The van der Waals surface area contributed by atoms with Crippen LogP contribution in [0.5, 0.6) is 0 Å². The van der Waals surface area contributed by atoms with E-state index in [-0.39, 0.29) is 6.03 Å². The maximum atomic E-state index is 11.7. The fourth-order valence-corrected chi connectivity index (χ4v) is 1.91. The summed E-state index contributed by atoms with van der Waals surface area (Å²) in [5, 5.41) is 0. The topological polar surface area (TPSA) is 23.6 Å². The molecule has 1 fully saturated rings. The lowest BCUT2D eigenvalue weighted by atomic mass is 9.95. The summed E-state index contributed by atoms with van der Waals surface area (Å²) in [5.41, 5.74) is 0. The molecular formula is C10H20N2O. The zero-order valence-corrected chi connectivity index (χ0v) is 9.24. The van der Waals surface area contributed by atoms with E-state index in [2.05, 4.69) is 20.8 Å².